The highest BCUT2D eigenvalue weighted by Gasteiger charge is 2.33. The van der Waals surface area contributed by atoms with E-state index in [0.29, 0.717) is 21.7 Å². The molecule has 3 aromatic carbocycles. The van der Waals surface area contributed by atoms with Crippen LogP contribution in [0.3, 0.4) is 0 Å². The van der Waals surface area contributed by atoms with Crippen LogP contribution in [-0.4, -0.2) is 32.3 Å². The number of aromatic nitrogens is 3. The van der Waals surface area contributed by atoms with Gasteiger partial charge in [-0.05, 0) is 54.6 Å². The Hall–Kier alpha value is -3.06. The zero-order valence-electron chi connectivity index (χ0n) is 19.6. The standard InChI is InChI=1S/C25H17BrCl2F3N5O2S/c26-14-5-8-16(9-6-14)36-21(12-32-23(38)17-10-7-15(27)11-19(17)28)34-35-24(36)39-13-22(37)33-20-4-2-1-3-18(20)25(29,30)31/h1-11H,12-13H2,(H,32,38)(H,33,37). The summed E-state index contributed by atoms with van der Waals surface area (Å²) in [7, 11) is 0. The number of hydrogen-bond donors (Lipinski definition) is 2. The average molecular weight is 659 g/mol. The lowest BCUT2D eigenvalue weighted by Crippen LogP contribution is -2.25. The number of hydrogen-bond acceptors (Lipinski definition) is 5. The number of para-hydroxylation sites is 1. The van der Waals surface area contributed by atoms with E-state index in [-0.39, 0.29) is 28.6 Å². The Kier molecular flexibility index (Phi) is 9.21. The molecule has 0 bridgehead atoms. The number of carbonyl (C=O) groups is 2. The SMILES string of the molecule is O=C(CSc1nnc(CNC(=O)c2ccc(Cl)cc2Cl)n1-c1ccc(Br)cc1)Nc1ccccc1C(F)(F)F. The first-order valence-electron chi connectivity index (χ1n) is 11.1. The van der Waals surface area contributed by atoms with E-state index < -0.39 is 23.6 Å². The number of alkyl halides is 3. The molecule has 0 fully saturated rings. The van der Waals surface area contributed by atoms with Crippen molar-refractivity contribution in [2.45, 2.75) is 17.9 Å². The average Bonchev–Trinajstić information content (AvgIpc) is 3.29. The summed E-state index contributed by atoms with van der Waals surface area (Å²) in [5.74, 6) is -1.01. The predicted octanol–water partition coefficient (Wildman–Crippen LogP) is 7.02. The van der Waals surface area contributed by atoms with Gasteiger partial charge < -0.3 is 10.6 Å². The van der Waals surface area contributed by atoms with E-state index in [1.807, 2.05) is 0 Å². The van der Waals surface area contributed by atoms with Crippen LogP contribution in [0.2, 0.25) is 10.0 Å². The molecule has 0 radical (unpaired) electrons. The number of nitrogens with zero attached hydrogens (tertiary/aromatic N) is 3. The van der Waals surface area contributed by atoms with Crippen molar-refractivity contribution in [1.29, 1.82) is 0 Å². The van der Waals surface area contributed by atoms with Crippen molar-refractivity contribution < 1.29 is 22.8 Å². The van der Waals surface area contributed by atoms with Crippen molar-refractivity contribution in [1.82, 2.24) is 20.1 Å². The molecule has 39 heavy (non-hydrogen) atoms. The normalized spacial score (nSPS) is 11.3. The Balaban J connectivity index is 1.52. The molecule has 4 aromatic rings. The maximum absolute atomic E-state index is 13.3. The number of amides is 2. The minimum Gasteiger partial charge on any atom is -0.345 e. The molecule has 0 unspecified atom stereocenters. The van der Waals surface area contributed by atoms with Crippen LogP contribution < -0.4 is 10.6 Å². The maximum Gasteiger partial charge on any atom is 0.418 e. The number of nitrogens with one attached hydrogen (secondary N) is 2. The van der Waals surface area contributed by atoms with Gasteiger partial charge in [-0.25, -0.2) is 0 Å². The summed E-state index contributed by atoms with van der Waals surface area (Å²) in [5, 5.41) is 14.2. The second kappa shape index (κ2) is 12.4. The Bertz CT molecular complexity index is 1520. The van der Waals surface area contributed by atoms with Gasteiger partial charge in [0.15, 0.2) is 11.0 Å². The molecule has 1 heterocycles. The molecular formula is C25H17BrCl2F3N5O2S. The molecule has 0 saturated heterocycles. The van der Waals surface area contributed by atoms with Gasteiger partial charge in [0.25, 0.3) is 5.91 Å². The third-order valence-corrected chi connectivity index (χ3v) is 7.21. The largest absolute Gasteiger partial charge is 0.418 e. The second-order valence-corrected chi connectivity index (χ2v) is 10.6. The molecule has 0 aliphatic rings. The number of rotatable bonds is 8. The van der Waals surface area contributed by atoms with Gasteiger partial charge in [0.2, 0.25) is 5.91 Å². The third kappa shape index (κ3) is 7.33. The van der Waals surface area contributed by atoms with E-state index >= 15 is 0 Å². The quantitative estimate of drug-likeness (QED) is 0.199. The van der Waals surface area contributed by atoms with Gasteiger partial charge in [-0.15, -0.1) is 10.2 Å². The molecule has 0 aliphatic carbocycles. The van der Waals surface area contributed by atoms with E-state index in [4.69, 9.17) is 23.2 Å². The van der Waals surface area contributed by atoms with Gasteiger partial charge in [0.05, 0.1) is 34.1 Å². The van der Waals surface area contributed by atoms with Crippen LogP contribution in [0.15, 0.2) is 76.4 Å². The molecule has 202 valence electrons. The molecule has 0 saturated carbocycles. The monoisotopic (exact) mass is 657 g/mol. The van der Waals surface area contributed by atoms with Crippen molar-refractivity contribution in [2.75, 3.05) is 11.1 Å². The topological polar surface area (TPSA) is 88.9 Å². The van der Waals surface area contributed by atoms with Gasteiger partial charge in [0, 0.05) is 15.2 Å². The van der Waals surface area contributed by atoms with Crippen LogP contribution in [0.25, 0.3) is 5.69 Å². The fraction of sp³-hybridized carbons (Fsp3) is 0.120. The third-order valence-electron chi connectivity index (χ3n) is 5.21. The Morgan fingerprint density at radius 2 is 1.72 bits per heavy atom. The van der Waals surface area contributed by atoms with E-state index in [9.17, 15) is 22.8 Å². The zero-order valence-corrected chi connectivity index (χ0v) is 23.5. The van der Waals surface area contributed by atoms with Crippen molar-refractivity contribution in [3.05, 3.63) is 98.2 Å². The van der Waals surface area contributed by atoms with Crippen molar-refractivity contribution in [3.63, 3.8) is 0 Å². The first-order chi connectivity index (χ1) is 18.5. The molecule has 1 aromatic heterocycles. The lowest BCUT2D eigenvalue weighted by molar-refractivity contribution is -0.137. The summed E-state index contributed by atoms with van der Waals surface area (Å²) in [4.78, 5) is 25.2. The van der Waals surface area contributed by atoms with Crippen LogP contribution in [0, 0.1) is 0 Å². The van der Waals surface area contributed by atoms with Crippen LogP contribution in [0.4, 0.5) is 18.9 Å². The number of anilines is 1. The fourth-order valence-electron chi connectivity index (χ4n) is 3.44. The molecule has 0 atom stereocenters. The van der Waals surface area contributed by atoms with Gasteiger partial charge in [-0.1, -0.05) is 63.0 Å². The molecule has 2 N–H and O–H groups in total. The molecular weight excluding hydrogens is 642 g/mol. The molecule has 14 heteroatoms. The Labute approximate surface area is 243 Å². The summed E-state index contributed by atoms with van der Waals surface area (Å²) in [6.07, 6.45) is -4.62. The number of benzene rings is 3. The number of halogens is 6. The first-order valence-corrected chi connectivity index (χ1v) is 13.6. The molecule has 0 spiro atoms. The summed E-state index contributed by atoms with van der Waals surface area (Å²) < 4.78 is 42.3. The molecule has 7 nitrogen and oxygen atoms in total. The van der Waals surface area contributed by atoms with Crippen molar-refractivity contribution in [3.8, 4) is 5.69 Å². The Morgan fingerprint density at radius 1 is 1.00 bits per heavy atom. The minimum absolute atomic E-state index is 0.0352. The smallest absolute Gasteiger partial charge is 0.345 e. The van der Waals surface area contributed by atoms with E-state index in [0.717, 1.165) is 22.3 Å². The minimum atomic E-state index is -4.62. The van der Waals surface area contributed by atoms with Crippen LogP contribution in [0.5, 0.6) is 0 Å². The summed E-state index contributed by atoms with van der Waals surface area (Å²) in [5.41, 5.74) is -0.419. The van der Waals surface area contributed by atoms with E-state index in [1.54, 1.807) is 34.9 Å². The van der Waals surface area contributed by atoms with E-state index in [2.05, 4.69) is 36.8 Å². The van der Waals surface area contributed by atoms with Crippen LogP contribution >= 0.6 is 50.9 Å². The Morgan fingerprint density at radius 3 is 2.41 bits per heavy atom. The van der Waals surface area contributed by atoms with Gasteiger partial charge in [-0.3, -0.25) is 14.2 Å². The maximum atomic E-state index is 13.3. The van der Waals surface area contributed by atoms with E-state index in [1.165, 1.54) is 30.3 Å². The molecule has 2 amide bonds. The lowest BCUT2D eigenvalue weighted by atomic mass is 10.1. The first kappa shape index (κ1) is 28.9. The zero-order chi connectivity index (χ0) is 28.2. The second-order valence-electron chi connectivity index (χ2n) is 7.90. The van der Waals surface area contributed by atoms with Gasteiger partial charge in [-0.2, -0.15) is 13.2 Å². The molecule has 0 aliphatic heterocycles. The highest BCUT2D eigenvalue weighted by Crippen LogP contribution is 2.34. The summed E-state index contributed by atoms with van der Waals surface area (Å²) in [6, 6.07) is 16.4. The number of carbonyl (C=O) groups excluding carboxylic acids is 2. The molecule has 4 rings (SSSR count). The van der Waals surface area contributed by atoms with Gasteiger partial charge in [0.1, 0.15) is 0 Å². The van der Waals surface area contributed by atoms with Crippen LogP contribution in [0.1, 0.15) is 21.7 Å². The predicted molar refractivity (Wildman–Crippen MR) is 147 cm³/mol. The van der Waals surface area contributed by atoms with Crippen molar-refractivity contribution >= 4 is 68.4 Å². The summed E-state index contributed by atoms with van der Waals surface area (Å²) >= 11 is 16.4. The highest BCUT2D eigenvalue weighted by atomic mass is 79.9. The van der Waals surface area contributed by atoms with Crippen LogP contribution in [-0.2, 0) is 17.5 Å². The van der Waals surface area contributed by atoms with Gasteiger partial charge >= 0.3 is 6.18 Å². The van der Waals surface area contributed by atoms with Crippen molar-refractivity contribution in [2.24, 2.45) is 0 Å². The number of thioether (sulfide) groups is 1. The fourth-order valence-corrected chi connectivity index (χ4v) is 4.97. The lowest BCUT2D eigenvalue weighted by Gasteiger charge is -2.14. The summed E-state index contributed by atoms with van der Waals surface area (Å²) in [6.45, 7) is -0.0352. The highest BCUT2D eigenvalue weighted by molar-refractivity contribution is 9.10.